The SMILES string of the molecule is CN1CCN(C(=O)c2ccc(Nc3ncc4c(n3)-c3ccc(Cl)cc3C(c3ccc(F)cc3)=NC4)cc2)CC1. The van der Waals surface area contributed by atoms with Gasteiger partial charge in [0, 0.05) is 70.9 Å². The fourth-order valence-electron chi connectivity index (χ4n) is 4.86. The van der Waals surface area contributed by atoms with Crippen molar-refractivity contribution in [3.63, 3.8) is 0 Å². The second-order valence-corrected chi connectivity index (χ2v) is 10.2. The maximum atomic E-state index is 13.6. The number of anilines is 2. The van der Waals surface area contributed by atoms with Gasteiger partial charge in [-0.1, -0.05) is 17.7 Å². The molecule has 196 valence electrons. The first kappa shape index (κ1) is 25.2. The zero-order chi connectivity index (χ0) is 26.9. The number of hydrogen-bond acceptors (Lipinski definition) is 6. The molecule has 2 aliphatic rings. The van der Waals surface area contributed by atoms with Crippen molar-refractivity contribution in [1.29, 1.82) is 0 Å². The molecule has 0 aliphatic carbocycles. The molecule has 3 aromatic carbocycles. The van der Waals surface area contributed by atoms with E-state index in [0.717, 1.165) is 65.5 Å². The van der Waals surface area contributed by atoms with Crippen LogP contribution in [0.25, 0.3) is 11.3 Å². The molecule has 0 saturated carbocycles. The number of aliphatic imine (C=N–C) groups is 1. The van der Waals surface area contributed by atoms with E-state index in [-0.39, 0.29) is 11.7 Å². The highest BCUT2D eigenvalue weighted by atomic mass is 35.5. The van der Waals surface area contributed by atoms with Crippen LogP contribution in [-0.2, 0) is 6.54 Å². The van der Waals surface area contributed by atoms with E-state index in [1.165, 1.54) is 12.1 Å². The van der Waals surface area contributed by atoms with Crippen LogP contribution in [0.15, 0.2) is 77.9 Å². The molecule has 9 heteroatoms. The lowest BCUT2D eigenvalue weighted by atomic mass is 9.95. The van der Waals surface area contributed by atoms with Crippen molar-refractivity contribution in [3.8, 4) is 11.3 Å². The molecule has 3 heterocycles. The first-order valence-corrected chi connectivity index (χ1v) is 13.1. The first-order valence-electron chi connectivity index (χ1n) is 12.8. The van der Waals surface area contributed by atoms with Crippen LogP contribution in [0.2, 0.25) is 5.02 Å². The van der Waals surface area contributed by atoms with Gasteiger partial charge in [-0.3, -0.25) is 9.79 Å². The molecule has 7 nitrogen and oxygen atoms in total. The summed E-state index contributed by atoms with van der Waals surface area (Å²) in [4.78, 5) is 31.2. The van der Waals surface area contributed by atoms with Gasteiger partial charge >= 0.3 is 0 Å². The van der Waals surface area contributed by atoms with E-state index in [2.05, 4.69) is 22.2 Å². The van der Waals surface area contributed by atoms with Gasteiger partial charge in [-0.15, -0.1) is 0 Å². The lowest BCUT2D eigenvalue weighted by Crippen LogP contribution is -2.47. The van der Waals surface area contributed by atoms with Crippen LogP contribution in [-0.4, -0.2) is 64.6 Å². The summed E-state index contributed by atoms with van der Waals surface area (Å²) in [6, 6.07) is 19.3. The molecule has 1 aromatic heterocycles. The number of nitrogens with zero attached hydrogens (tertiary/aromatic N) is 5. The van der Waals surface area contributed by atoms with Crippen LogP contribution in [0.3, 0.4) is 0 Å². The number of amides is 1. The fraction of sp³-hybridized carbons (Fsp3) is 0.200. The normalized spacial score (nSPS) is 15.2. The quantitative estimate of drug-likeness (QED) is 0.374. The molecule has 39 heavy (non-hydrogen) atoms. The molecule has 1 amide bonds. The Labute approximate surface area is 231 Å². The van der Waals surface area contributed by atoms with Gasteiger partial charge in [0.05, 0.1) is 18.0 Å². The average molecular weight is 541 g/mol. The number of hydrogen-bond donors (Lipinski definition) is 1. The lowest BCUT2D eigenvalue weighted by molar-refractivity contribution is 0.0664. The van der Waals surface area contributed by atoms with Crippen molar-refractivity contribution in [2.45, 2.75) is 6.54 Å². The summed E-state index contributed by atoms with van der Waals surface area (Å²) in [5.41, 5.74) is 6.27. The van der Waals surface area contributed by atoms with Crippen molar-refractivity contribution >= 4 is 34.9 Å². The maximum absolute atomic E-state index is 13.6. The predicted octanol–water partition coefficient (Wildman–Crippen LogP) is 5.42. The second-order valence-electron chi connectivity index (χ2n) is 9.73. The monoisotopic (exact) mass is 540 g/mol. The topological polar surface area (TPSA) is 73.7 Å². The molecular weight excluding hydrogens is 515 g/mol. The van der Waals surface area contributed by atoms with Gasteiger partial charge in [0.25, 0.3) is 5.91 Å². The van der Waals surface area contributed by atoms with Gasteiger partial charge in [-0.05, 0) is 67.7 Å². The highest BCUT2D eigenvalue weighted by Gasteiger charge is 2.22. The standard InChI is InChI=1S/C30H26ClFN6O/c1-37-12-14-38(15-13-37)29(39)20-4-9-24(10-5-20)35-30-34-18-21-17-33-27(19-2-7-23(32)8-3-19)26-16-22(31)6-11-25(26)28(21)36-30/h2-11,16,18H,12-15,17H2,1H3,(H,34,35,36). The number of aromatic nitrogens is 2. The van der Waals surface area contributed by atoms with Crippen LogP contribution < -0.4 is 5.32 Å². The summed E-state index contributed by atoms with van der Waals surface area (Å²) < 4.78 is 13.6. The molecule has 1 N–H and O–H groups in total. The van der Waals surface area contributed by atoms with E-state index in [4.69, 9.17) is 21.6 Å². The Morgan fingerprint density at radius 3 is 2.44 bits per heavy atom. The number of halogens is 2. The van der Waals surface area contributed by atoms with Crippen molar-refractivity contribution in [2.24, 2.45) is 4.99 Å². The second kappa shape index (κ2) is 10.6. The zero-order valence-electron chi connectivity index (χ0n) is 21.4. The van der Waals surface area contributed by atoms with Crippen LogP contribution in [0.1, 0.15) is 27.0 Å². The molecule has 6 rings (SSSR count). The van der Waals surface area contributed by atoms with Crippen LogP contribution in [0, 0.1) is 5.82 Å². The van der Waals surface area contributed by atoms with E-state index in [0.29, 0.717) is 23.1 Å². The smallest absolute Gasteiger partial charge is 0.253 e. The minimum Gasteiger partial charge on any atom is -0.336 e. The Morgan fingerprint density at radius 1 is 0.949 bits per heavy atom. The molecule has 1 fully saturated rings. The lowest BCUT2D eigenvalue weighted by Gasteiger charge is -2.32. The van der Waals surface area contributed by atoms with Gasteiger partial charge in [-0.25, -0.2) is 14.4 Å². The summed E-state index contributed by atoms with van der Waals surface area (Å²) in [6.07, 6.45) is 1.77. The van der Waals surface area contributed by atoms with Gasteiger partial charge in [-0.2, -0.15) is 0 Å². The minimum absolute atomic E-state index is 0.0446. The highest BCUT2D eigenvalue weighted by molar-refractivity contribution is 6.31. The number of carbonyl (C=O) groups excluding carboxylic acids is 1. The molecule has 0 radical (unpaired) electrons. The third-order valence-electron chi connectivity index (χ3n) is 7.06. The van der Waals surface area contributed by atoms with E-state index >= 15 is 0 Å². The molecule has 1 saturated heterocycles. The maximum Gasteiger partial charge on any atom is 0.253 e. The Hall–Kier alpha value is -4.14. The molecule has 0 unspecified atom stereocenters. The Kier molecular flexibility index (Phi) is 6.81. The van der Waals surface area contributed by atoms with Gasteiger partial charge < -0.3 is 15.1 Å². The van der Waals surface area contributed by atoms with E-state index in [9.17, 15) is 9.18 Å². The number of piperazine rings is 1. The van der Waals surface area contributed by atoms with Gasteiger partial charge in [0.15, 0.2) is 0 Å². The van der Waals surface area contributed by atoms with Crippen molar-refractivity contribution in [1.82, 2.24) is 19.8 Å². The van der Waals surface area contributed by atoms with Crippen LogP contribution >= 0.6 is 11.6 Å². The average Bonchev–Trinajstić information content (AvgIpc) is 3.10. The first-order chi connectivity index (χ1) is 18.9. The van der Waals surface area contributed by atoms with E-state index in [1.54, 1.807) is 18.3 Å². The minimum atomic E-state index is -0.305. The summed E-state index contributed by atoms with van der Waals surface area (Å²) >= 11 is 6.38. The number of rotatable bonds is 4. The molecule has 4 aromatic rings. The summed E-state index contributed by atoms with van der Waals surface area (Å²) in [5, 5.41) is 3.83. The third-order valence-corrected chi connectivity index (χ3v) is 7.30. The number of fused-ring (bicyclic) bond motifs is 3. The van der Waals surface area contributed by atoms with Crippen molar-refractivity contribution in [2.75, 3.05) is 38.5 Å². The molecule has 0 bridgehead atoms. The van der Waals surface area contributed by atoms with Gasteiger partial charge in [0.1, 0.15) is 5.82 Å². The molecule has 2 aliphatic heterocycles. The largest absolute Gasteiger partial charge is 0.336 e. The fourth-order valence-corrected chi connectivity index (χ4v) is 5.03. The predicted molar refractivity (Wildman–Crippen MR) is 151 cm³/mol. The number of carbonyl (C=O) groups is 1. The Balaban J connectivity index is 1.26. The Bertz CT molecular complexity index is 1560. The van der Waals surface area contributed by atoms with Crippen LogP contribution in [0.5, 0.6) is 0 Å². The number of nitrogens with one attached hydrogen (secondary N) is 1. The van der Waals surface area contributed by atoms with E-state index in [1.807, 2.05) is 47.4 Å². The summed E-state index contributed by atoms with van der Waals surface area (Å²) in [5.74, 6) is 0.169. The van der Waals surface area contributed by atoms with Crippen molar-refractivity contribution in [3.05, 3.63) is 106 Å². The highest BCUT2D eigenvalue weighted by Crippen LogP contribution is 2.34. The number of benzene rings is 3. The van der Waals surface area contributed by atoms with Gasteiger partial charge in [0.2, 0.25) is 5.95 Å². The Morgan fingerprint density at radius 2 is 1.69 bits per heavy atom. The van der Waals surface area contributed by atoms with Crippen molar-refractivity contribution < 1.29 is 9.18 Å². The molecular formula is C30H26ClFN6O. The van der Waals surface area contributed by atoms with E-state index < -0.39 is 0 Å². The summed E-state index contributed by atoms with van der Waals surface area (Å²) in [7, 11) is 2.07. The molecule has 0 spiro atoms. The third kappa shape index (κ3) is 5.26. The van der Waals surface area contributed by atoms with Crippen LogP contribution in [0.4, 0.5) is 16.0 Å². The number of likely N-dealkylation sites (N-methyl/N-ethyl adjacent to an activating group) is 1. The zero-order valence-corrected chi connectivity index (χ0v) is 22.1. The summed E-state index contributed by atoms with van der Waals surface area (Å²) in [6.45, 7) is 3.60. The molecule has 0 atom stereocenters.